The minimum Gasteiger partial charge on any atom is -0.756 e. The number of rotatable bonds is 23. The van der Waals surface area contributed by atoms with E-state index in [4.69, 9.17) is 9.05 Å². The second-order valence-corrected chi connectivity index (χ2v) is 11.0. The Morgan fingerprint density at radius 1 is 0.656 bits per heavy atom. The number of hydrogen-bond acceptors (Lipinski definition) is 4. The van der Waals surface area contributed by atoms with Gasteiger partial charge in [0.1, 0.15) is 13.2 Å². The van der Waals surface area contributed by atoms with Crippen LogP contribution in [-0.4, -0.2) is 45.4 Å². The molecule has 0 aromatic rings. The molecule has 0 N–H and O–H groups in total. The van der Waals surface area contributed by atoms with Gasteiger partial charge in [-0.25, -0.2) is 0 Å². The first-order chi connectivity index (χ1) is 14.3. The van der Waals surface area contributed by atoms with Crippen LogP contribution in [0.5, 0.6) is 0 Å². The van der Waals surface area contributed by atoms with Crippen molar-refractivity contribution in [3.8, 4) is 0 Å². The Bertz CT molecular complexity index is 419. The first kappa shape index (κ1) is 37.7. The summed E-state index contributed by atoms with van der Waals surface area (Å²) in [6.45, 7) is 4.93. The van der Waals surface area contributed by atoms with Gasteiger partial charge in [0.2, 0.25) is 0 Å². The Labute approximate surface area is 226 Å². The van der Waals surface area contributed by atoms with E-state index in [9.17, 15) is 9.46 Å². The molecule has 0 fully saturated rings. The molecule has 1 unspecified atom stereocenters. The van der Waals surface area contributed by atoms with Gasteiger partial charge in [-0.2, -0.15) is 6.42 Å². The molecule has 193 valence electrons. The maximum absolute atomic E-state index is 11.7. The predicted molar refractivity (Wildman–Crippen MR) is 133 cm³/mol. The smallest absolute Gasteiger partial charge is 0.268 e. The molecule has 7 heteroatoms. The first-order valence-corrected chi connectivity index (χ1v) is 13.9. The molecular formula is C25H54NO4PY-2. The van der Waals surface area contributed by atoms with E-state index in [2.05, 4.69) is 6.92 Å². The van der Waals surface area contributed by atoms with Gasteiger partial charge in [0.15, 0.2) is 0 Å². The third-order valence-electron chi connectivity index (χ3n) is 5.41. The zero-order chi connectivity index (χ0) is 22.6. The molecule has 0 rings (SSSR count). The second kappa shape index (κ2) is 25.3. The second-order valence-electron chi connectivity index (χ2n) is 9.64. The molecule has 32 heavy (non-hydrogen) atoms. The SMILES string of the molecule is [CH2-]CCCCCCCCCCCCCCCCCCOP(=O)([O-])OCC[N+](C)(C)C.[CH3-].[Y]. The van der Waals surface area contributed by atoms with Crippen molar-refractivity contribution < 1.29 is 55.7 Å². The van der Waals surface area contributed by atoms with Crippen molar-refractivity contribution in [3.63, 3.8) is 0 Å². The Morgan fingerprint density at radius 2 is 0.969 bits per heavy atom. The van der Waals surface area contributed by atoms with E-state index in [0.29, 0.717) is 11.0 Å². The van der Waals surface area contributed by atoms with Crippen molar-refractivity contribution in [1.29, 1.82) is 0 Å². The maximum Gasteiger partial charge on any atom is 0.268 e. The summed E-state index contributed by atoms with van der Waals surface area (Å²) < 4.78 is 22.2. The number of quaternary nitrogens is 1. The topological polar surface area (TPSA) is 58.6 Å². The van der Waals surface area contributed by atoms with Crippen LogP contribution in [0.15, 0.2) is 0 Å². The molecular weight excluding hydrogens is 498 g/mol. The van der Waals surface area contributed by atoms with Crippen LogP contribution < -0.4 is 4.89 Å². The van der Waals surface area contributed by atoms with Crippen molar-refractivity contribution in [2.45, 2.75) is 109 Å². The Morgan fingerprint density at radius 3 is 1.31 bits per heavy atom. The summed E-state index contributed by atoms with van der Waals surface area (Å²) in [5, 5.41) is 0. The van der Waals surface area contributed by atoms with Crippen LogP contribution in [0.25, 0.3) is 0 Å². The Kier molecular flexibility index (Phi) is 29.8. The molecule has 0 aliphatic heterocycles. The summed E-state index contributed by atoms with van der Waals surface area (Å²) in [5.41, 5.74) is 0. The van der Waals surface area contributed by atoms with Gasteiger partial charge >= 0.3 is 0 Å². The number of likely N-dealkylation sites (N-methyl/N-ethyl adjacent to an activating group) is 1. The zero-order valence-electron chi connectivity index (χ0n) is 22.0. The van der Waals surface area contributed by atoms with E-state index in [1.807, 2.05) is 21.1 Å². The quantitative estimate of drug-likeness (QED) is 0.0587. The molecule has 0 amide bonds. The minimum atomic E-state index is -4.13. The summed E-state index contributed by atoms with van der Waals surface area (Å²) in [4.78, 5) is 11.7. The van der Waals surface area contributed by atoms with E-state index in [1.165, 1.54) is 83.5 Å². The third kappa shape index (κ3) is 31.2. The average molecular weight is 553 g/mol. The zero-order valence-corrected chi connectivity index (χ0v) is 25.7. The van der Waals surface area contributed by atoms with Crippen LogP contribution in [-0.2, 0) is 46.3 Å². The van der Waals surface area contributed by atoms with Crippen LogP contribution in [0.1, 0.15) is 109 Å². The third-order valence-corrected chi connectivity index (χ3v) is 6.40. The summed E-state index contributed by atoms with van der Waals surface area (Å²) in [5.74, 6) is 0. The molecule has 0 aromatic carbocycles. The summed E-state index contributed by atoms with van der Waals surface area (Å²) >= 11 is 0. The number of phosphoric acid groups is 1. The van der Waals surface area contributed by atoms with Crippen LogP contribution in [0.2, 0.25) is 0 Å². The largest absolute Gasteiger partial charge is 0.756 e. The number of unbranched alkanes of at least 4 members (excludes halogenated alkanes) is 16. The van der Waals surface area contributed by atoms with Gasteiger partial charge in [0.25, 0.3) is 7.82 Å². The van der Waals surface area contributed by atoms with Crippen LogP contribution in [0.4, 0.5) is 0 Å². The molecule has 0 aliphatic carbocycles. The molecule has 0 spiro atoms. The average Bonchev–Trinajstić information content (AvgIpc) is 2.65. The van der Waals surface area contributed by atoms with Crippen molar-refractivity contribution in [2.24, 2.45) is 0 Å². The summed E-state index contributed by atoms with van der Waals surface area (Å²) in [6, 6.07) is 0. The molecule has 0 aliphatic rings. The number of nitrogens with zero attached hydrogens (tertiary/aromatic N) is 1. The van der Waals surface area contributed by atoms with E-state index in [-0.39, 0.29) is 53.3 Å². The van der Waals surface area contributed by atoms with E-state index in [1.54, 1.807) is 0 Å². The molecule has 0 saturated carbocycles. The first-order valence-electron chi connectivity index (χ1n) is 12.5. The van der Waals surface area contributed by atoms with E-state index >= 15 is 0 Å². The summed E-state index contributed by atoms with van der Waals surface area (Å²) in [7, 11) is 1.86. The molecule has 1 radical (unpaired) electrons. The van der Waals surface area contributed by atoms with Gasteiger partial charge < -0.3 is 32.8 Å². The molecule has 0 aromatic heterocycles. The molecule has 0 bridgehead atoms. The number of phosphoric ester groups is 1. The molecule has 0 heterocycles. The van der Waals surface area contributed by atoms with Crippen molar-refractivity contribution in [3.05, 3.63) is 14.4 Å². The number of hydrogen-bond donors (Lipinski definition) is 0. The molecule has 5 nitrogen and oxygen atoms in total. The van der Waals surface area contributed by atoms with Crippen LogP contribution in [0.3, 0.4) is 0 Å². The molecule has 0 saturated heterocycles. The fourth-order valence-corrected chi connectivity index (χ4v) is 4.13. The fraction of sp³-hybridized carbons (Fsp3) is 0.920. The summed E-state index contributed by atoms with van der Waals surface area (Å²) in [6.07, 6.45) is 21.7. The van der Waals surface area contributed by atoms with Gasteiger partial charge in [-0.05, 0) is 6.42 Å². The predicted octanol–water partition coefficient (Wildman–Crippen LogP) is 7.11. The Hall–Kier alpha value is 1.17. The maximum atomic E-state index is 11.7. The molecule has 1 atom stereocenters. The van der Waals surface area contributed by atoms with Crippen LogP contribution in [0, 0.1) is 14.4 Å². The standard InChI is InChI=1S/C24H52NO4P.CH3.Y/c1-5-6-7-8-9-10-11-12-13-14-15-16-17-18-19-20-21-23-28-30(26,27)29-24-22-25(2,3)4;;/h1,5-24H2,2-4H3,(H,26,27);1H3;/q;-1;/p-1. The van der Waals surface area contributed by atoms with Gasteiger partial charge in [-0.3, -0.25) is 4.57 Å². The van der Waals surface area contributed by atoms with Gasteiger partial charge in [0, 0.05) is 32.7 Å². The van der Waals surface area contributed by atoms with Crippen molar-refractivity contribution >= 4 is 7.82 Å². The minimum absolute atomic E-state index is 0. The fourth-order valence-electron chi connectivity index (χ4n) is 3.39. The van der Waals surface area contributed by atoms with Crippen LogP contribution >= 0.6 is 7.82 Å². The monoisotopic (exact) mass is 552 g/mol. The van der Waals surface area contributed by atoms with Gasteiger partial charge in [0.05, 0.1) is 27.7 Å². The Balaban J connectivity index is -0.00000420. The van der Waals surface area contributed by atoms with Crippen molar-refractivity contribution in [1.82, 2.24) is 0 Å². The van der Waals surface area contributed by atoms with Gasteiger partial charge in [-0.15, -0.1) is 0 Å². The van der Waals surface area contributed by atoms with Crippen molar-refractivity contribution in [2.75, 3.05) is 40.9 Å². The van der Waals surface area contributed by atoms with Gasteiger partial charge in [-0.1, -0.05) is 96.3 Å². The van der Waals surface area contributed by atoms with E-state index < -0.39 is 7.82 Å². The van der Waals surface area contributed by atoms with E-state index in [0.717, 1.165) is 25.7 Å². The normalized spacial score (nSPS) is 13.3.